The lowest BCUT2D eigenvalue weighted by molar-refractivity contribution is -0.134. The monoisotopic (exact) mass is 198 g/mol. The number of carbonyl (C=O) groups excluding carboxylic acids is 1. The van der Waals surface area contributed by atoms with Crippen LogP contribution in [-0.2, 0) is 9.53 Å². The van der Waals surface area contributed by atoms with Crippen LogP contribution in [0.4, 0.5) is 0 Å². The molecule has 0 saturated carbocycles. The Hall–Kier alpha value is -1.09. The number of hydrogen-bond donors (Lipinski definition) is 1. The zero-order valence-corrected chi connectivity index (χ0v) is 8.93. The molecule has 0 aliphatic heterocycles. The van der Waals surface area contributed by atoms with Crippen LogP contribution >= 0.6 is 0 Å². The maximum Gasteiger partial charge on any atom is 0.330 e. The van der Waals surface area contributed by atoms with Crippen LogP contribution in [0.1, 0.15) is 20.3 Å². The Bertz CT molecular complexity index is 217. The van der Waals surface area contributed by atoms with Gasteiger partial charge in [0.2, 0.25) is 0 Å². The zero-order valence-electron chi connectivity index (χ0n) is 8.93. The molecule has 0 heterocycles. The van der Waals surface area contributed by atoms with Gasteiger partial charge in [-0.05, 0) is 12.3 Å². The number of carbonyl (C=O) groups is 1. The van der Waals surface area contributed by atoms with Crippen molar-refractivity contribution in [3.05, 3.63) is 24.3 Å². The number of rotatable bonds is 5. The van der Waals surface area contributed by atoms with E-state index < -0.39 is 12.1 Å². The average molecular weight is 198 g/mol. The van der Waals surface area contributed by atoms with Crippen LogP contribution in [0.3, 0.4) is 0 Å². The van der Waals surface area contributed by atoms with Crippen molar-refractivity contribution in [2.24, 2.45) is 5.92 Å². The Kier molecular flexibility index (Phi) is 6.76. The van der Waals surface area contributed by atoms with E-state index in [-0.39, 0.29) is 0 Å². The van der Waals surface area contributed by atoms with Crippen molar-refractivity contribution in [1.29, 1.82) is 0 Å². The molecular formula is C11H18O3. The molecule has 0 aliphatic rings. The lowest BCUT2D eigenvalue weighted by Crippen LogP contribution is -2.05. The van der Waals surface area contributed by atoms with Crippen LogP contribution in [-0.4, -0.2) is 24.3 Å². The third-order valence-electron chi connectivity index (χ3n) is 1.59. The van der Waals surface area contributed by atoms with Gasteiger partial charge >= 0.3 is 5.97 Å². The lowest BCUT2D eigenvalue weighted by atomic mass is 10.1. The maximum absolute atomic E-state index is 10.6. The molecule has 1 atom stereocenters. The van der Waals surface area contributed by atoms with Crippen molar-refractivity contribution in [3.63, 3.8) is 0 Å². The summed E-state index contributed by atoms with van der Waals surface area (Å²) in [5.41, 5.74) is 0. The molecule has 14 heavy (non-hydrogen) atoms. The molecule has 0 amide bonds. The third-order valence-corrected chi connectivity index (χ3v) is 1.59. The van der Waals surface area contributed by atoms with Gasteiger partial charge in [-0.3, -0.25) is 0 Å². The smallest absolute Gasteiger partial charge is 0.330 e. The fourth-order valence-electron chi connectivity index (χ4n) is 0.956. The van der Waals surface area contributed by atoms with Gasteiger partial charge in [0, 0.05) is 6.08 Å². The zero-order chi connectivity index (χ0) is 11.0. The highest BCUT2D eigenvalue weighted by Gasteiger charge is 2.00. The van der Waals surface area contributed by atoms with E-state index >= 15 is 0 Å². The maximum atomic E-state index is 10.6. The molecule has 0 aliphatic carbocycles. The molecule has 0 rings (SSSR count). The highest BCUT2D eigenvalue weighted by molar-refractivity contribution is 5.82. The molecule has 0 aromatic rings. The van der Waals surface area contributed by atoms with E-state index in [0.717, 1.165) is 6.42 Å². The molecule has 0 aromatic carbocycles. The minimum Gasteiger partial charge on any atom is -0.466 e. The van der Waals surface area contributed by atoms with E-state index in [2.05, 4.69) is 4.74 Å². The van der Waals surface area contributed by atoms with Crippen LogP contribution in [0.15, 0.2) is 24.3 Å². The van der Waals surface area contributed by atoms with Crippen LogP contribution < -0.4 is 0 Å². The second-order valence-electron chi connectivity index (χ2n) is 3.46. The molecule has 0 saturated heterocycles. The summed E-state index contributed by atoms with van der Waals surface area (Å²) in [6.45, 7) is 4.09. The predicted molar refractivity (Wildman–Crippen MR) is 55.8 cm³/mol. The van der Waals surface area contributed by atoms with Crippen LogP contribution in [0, 0.1) is 5.92 Å². The van der Waals surface area contributed by atoms with E-state index in [1.807, 2.05) is 13.8 Å². The molecule has 0 bridgehead atoms. The third kappa shape index (κ3) is 7.55. The van der Waals surface area contributed by atoms with E-state index in [4.69, 9.17) is 0 Å². The highest BCUT2D eigenvalue weighted by atomic mass is 16.5. The summed E-state index contributed by atoms with van der Waals surface area (Å²) in [7, 11) is 1.32. The highest BCUT2D eigenvalue weighted by Crippen LogP contribution is 2.05. The van der Waals surface area contributed by atoms with E-state index in [9.17, 15) is 9.90 Å². The van der Waals surface area contributed by atoms with E-state index in [1.165, 1.54) is 13.2 Å². The first-order valence-electron chi connectivity index (χ1n) is 4.67. The van der Waals surface area contributed by atoms with Gasteiger partial charge in [0.25, 0.3) is 0 Å². The van der Waals surface area contributed by atoms with E-state index in [0.29, 0.717) is 5.92 Å². The minimum absolute atomic E-state index is 0.395. The quantitative estimate of drug-likeness (QED) is 0.415. The summed E-state index contributed by atoms with van der Waals surface area (Å²) in [6, 6.07) is 0. The molecule has 0 spiro atoms. The largest absolute Gasteiger partial charge is 0.466 e. The molecule has 0 aromatic heterocycles. The Morgan fingerprint density at radius 3 is 2.57 bits per heavy atom. The van der Waals surface area contributed by atoms with Crippen molar-refractivity contribution in [3.8, 4) is 0 Å². The number of allylic oxidation sites excluding steroid dienone is 2. The fraction of sp³-hybridized carbons (Fsp3) is 0.545. The number of aliphatic hydroxyl groups is 1. The second kappa shape index (κ2) is 7.33. The van der Waals surface area contributed by atoms with Gasteiger partial charge in [0.15, 0.2) is 0 Å². The molecule has 1 N–H and O–H groups in total. The summed E-state index contributed by atoms with van der Waals surface area (Å²) in [4.78, 5) is 10.6. The number of hydrogen-bond acceptors (Lipinski definition) is 3. The predicted octanol–water partition coefficient (Wildman–Crippen LogP) is 1.68. The van der Waals surface area contributed by atoms with Crippen LogP contribution in [0.25, 0.3) is 0 Å². The van der Waals surface area contributed by atoms with Crippen molar-refractivity contribution in [1.82, 2.24) is 0 Å². The summed E-state index contributed by atoms with van der Waals surface area (Å²) >= 11 is 0. The Morgan fingerprint density at radius 2 is 2.07 bits per heavy atom. The van der Waals surface area contributed by atoms with Gasteiger partial charge in [-0.25, -0.2) is 4.79 Å². The van der Waals surface area contributed by atoms with Gasteiger partial charge in [-0.1, -0.05) is 32.1 Å². The van der Waals surface area contributed by atoms with Crippen molar-refractivity contribution < 1.29 is 14.6 Å². The van der Waals surface area contributed by atoms with Gasteiger partial charge in [-0.2, -0.15) is 0 Å². The first-order chi connectivity index (χ1) is 6.56. The Labute approximate surface area is 85.1 Å². The molecular weight excluding hydrogens is 180 g/mol. The molecule has 0 fully saturated rings. The standard InChI is InChI=1S/C11H18O3/c1-9(2)8-10(12)6-4-5-7-11(13)14-3/h4-7,9-10,12H,8H2,1-3H3/b6-4+,7-5+. The van der Waals surface area contributed by atoms with Gasteiger partial charge < -0.3 is 9.84 Å². The molecule has 80 valence electrons. The number of methoxy groups -OCH3 is 1. The summed E-state index contributed by atoms with van der Waals surface area (Å²) < 4.78 is 4.40. The first kappa shape index (κ1) is 12.9. The number of ether oxygens (including phenoxy) is 1. The summed E-state index contributed by atoms with van der Waals surface area (Å²) in [5, 5.41) is 9.41. The Morgan fingerprint density at radius 1 is 1.43 bits per heavy atom. The SMILES string of the molecule is COC(=O)/C=C/C=C/C(O)CC(C)C. The van der Waals surface area contributed by atoms with Crippen molar-refractivity contribution in [2.75, 3.05) is 7.11 Å². The summed E-state index contributed by atoms with van der Waals surface area (Å²) in [5.74, 6) is 0.0623. The van der Waals surface area contributed by atoms with Crippen LogP contribution in [0.5, 0.6) is 0 Å². The van der Waals surface area contributed by atoms with Gasteiger partial charge in [0.05, 0.1) is 13.2 Å². The average Bonchev–Trinajstić information content (AvgIpc) is 2.10. The normalized spacial score (nSPS) is 14.1. The Balaban J connectivity index is 3.82. The first-order valence-corrected chi connectivity index (χ1v) is 4.67. The minimum atomic E-state index is -0.447. The summed E-state index contributed by atoms with van der Waals surface area (Å²) in [6.07, 6.45) is 6.43. The molecule has 1 unspecified atom stereocenters. The molecule has 3 heteroatoms. The number of aliphatic hydroxyl groups excluding tert-OH is 1. The van der Waals surface area contributed by atoms with Crippen LogP contribution in [0.2, 0.25) is 0 Å². The second-order valence-corrected chi connectivity index (χ2v) is 3.46. The van der Waals surface area contributed by atoms with Gasteiger partial charge in [0.1, 0.15) is 0 Å². The number of esters is 1. The fourth-order valence-corrected chi connectivity index (χ4v) is 0.956. The van der Waals surface area contributed by atoms with Crippen molar-refractivity contribution >= 4 is 5.97 Å². The topological polar surface area (TPSA) is 46.5 Å². The van der Waals surface area contributed by atoms with E-state index in [1.54, 1.807) is 18.2 Å². The molecule has 3 nitrogen and oxygen atoms in total. The lowest BCUT2D eigenvalue weighted by Gasteiger charge is -2.06. The molecule has 0 radical (unpaired) electrons. The van der Waals surface area contributed by atoms with Gasteiger partial charge in [-0.15, -0.1) is 0 Å². The van der Waals surface area contributed by atoms with Crippen molar-refractivity contribution in [2.45, 2.75) is 26.4 Å².